The van der Waals surface area contributed by atoms with Gasteiger partial charge in [0.05, 0.1) is 0 Å². The van der Waals surface area contributed by atoms with Gasteiger partial charge in [-0.3, -0.25) is 9.59 Å². The molecule has 3 aromatic rings. The number of fused-ring (bicyclic) bond motifs is 1. The van der Waals surface area contributed by atoms with Crippen LogP contribution in [0.2, 0.25) is 0 Å². The highest BCUT2D eigenvalue weighted by molar-refractivity contribution is 5.98. The Balaban J connectivity index is 1.45. The Morgan fingerprint density at radius 2 is 1.63 bits per heavy atom. The SMILES string of the molecule is CCC(=O)N1CCc2cc(C(=O)N(C)Cc3ccc(-c4ccccc4)cc3)ccc21. The van der Waals surface area contributed by atoms with E-state index in [1.54, 1.807) is 4.90 Å². The minimum absolute atomic E-state index is 0.00907. The standard InChI is InChI=1S/C26H26N2O2/c1-3-25(29)28-16-15-22-17-23(13-14-24(22)28)26(30)27(2)18-19-9-11-21(12-10-19)20-7-5-4-6-8-20/h4-14,17H,3,15-16,18H2,1-2H3. The van der Waals surface area contributed by atoms with Gasteiger partial charge in [-0.25, -0.2) is 0 Å². The molecule has 4 nitrogen and oxygen atoms in total. The fourth-order valence-electron chi connectivity index (χ4n) is 3.98. The average Bonchev–Trinajstić information content (AvgIpc) is 3.22. The molecule has 4 rings (SSSR count). The van der Waals surface area contributed by atoms with Crippen molar-refractivity contribution in [1.82, 2.24) is 4.90 Å². The summed E-state index contributed by atoms with van der Waals surface area (Å²) in [4.78, 5) is 28.6. The van der Waals surface area contributed by atoms with Gasteiger partial charge in [-0.05, 0) is 46.9 Å². The van der Waals surface area contributed by atoms with E-state index < -0.39 is 0 Å². The van der Waals surface area contributed by atoms with Crippen LogP contribution in [0, 0.1) is 0 Å². The zero-order chi connectivity index (χ0) is 21.1. The number of anilines is 1. The van der Waals surface area contributed by atoms with Crippen molar-refractivity contribution < 1.29 is 9.59 Å². The second kappa shape index (κ2) is 8.54. The Bertz CT molecular complexity index is 1060. The highest BCUT2D eigenvalue weighted by Crippen LogP contribution is 2.30. The molecule has 152 valence electrons. The van der Waals surface area contributed by atoms with Gasteiger partial charge >= 0.3 is 0 Å². The molecule has 0 N–H and O–H groups in total. The van der Waals surface area contributed by atoms with Crippen molar-refractivity contribution in [2.45, 2.75) is 26.3 Å². The third kappa shape index (κ3) is 3.99. The Labute approximate surface area is 177 Å². The van der Waals surface area contributed by atoms with Crippen LogP contribution in [0.3, 0.4) is 0 Å². The predicted molar refractivity (Wildman–Crippen MR) is 120 cm³/mol. The van der Waals surface area contributed by atoms with E-state index in [1.165, 1.54) is 5.56 Å². The summed E-state index contributed by atoms with van der Waals surface area (Å²) in [5.41, 5.74) is 6.12. The molecular formula is C26H26N2O2. The van der Waals surface area contributed by atoms with Crippen LogP contribution in [0.1, 0.15) is 34.8 Å². The number of nitrogens with zero attached hydrogens (tertiary/aromatic N) is 2. The normalized spacial score (nSPS) is 12.5. The number of carbonyl (C=O) groups excluding carboxylic acids is 2. The van der Waals surface area contributed by atoms with Crippen LogP contribution in [0.5, 0.6) is 0 Å². The van der Waals surface area contributed by atoms with Crippen LogP contribution in [-0.4, -0.2) is 30.3 Å². The van der Waals surface area contributed by atoms with Gasteiger partial charge < -0.3 is 9.80 Å². The van der Waals surface area contributed by atoms with Gasteiger partial charge in [0.1, 0.15) is 0 Å². The molecule has 1 heterocycles. The van der Waals surface area contributed by atoms with Crippen LogP contribution in [0.15, 0.2) is 72.8 Å². The first-order valence-corrected chi connectivity index (χ1v) is 10.4. The Morgan fingerprint density at radius 1 is 0.933 bits per heavy atom. The number of carbonyl (C=O) groups is 2. The van der Waals surface area contributed by atoms with Crippen molar-refractivity contribution in [2.24, 2.45) is 0 Å². The summed E-state index contributed by atoms with van der Waals surface area (Å²) < 4.78 is 0. The molecule has 0 saturated heterocycles. The van der Waals surface area contributed by atoms with Gasteiger partial charge in [0.2, 0.25) is 5.91 Å². The molecule has 4 heteroatoms. The number of rotatable bonds is 5. The Morgan fingerprint density at radius 3 is 2.33 bits per heavy atom. The van der Waals surface area contributed by atoms with Gasteiger partial charge in [0, 0.05) is 37.8 Å². The first kappa shape index (κ1) is 19.9. The highest BCUT2D eigenvalue weighted by atomic mass is 16.2. The molecule has 0 aliphatic carbocycles. The van der Waals surface area contributed by atoms with E-state index in [9.17, 15) is 9.59 Å². The van der Waals surface area contributed by atoms with E-state index in [-0.39, 0.29) is 11.8 Å². The molecule has 0 unspecified atom stereocenters. The van der Waals surface area contributed by atoms with Crippen molar-refractivity contribution >= 4 is 17.5 Å². The molecule has 3 aromatic carbocycles. The topological polar surface area (TPSA) is 40.6 Å². The number of hydrogen-bond donors (Lipinski definition) is 0. The minimum atomic E-state index is -0.00907. The van der Waals surface area contributed by atoms with Crippen molar-refractivity contribution in [3.63, 3.8) is 0 Å². The fourth-order valence-corrected chi connectivity index (χ4v) is 3.98. The maximum atomic E-state index is 13.0. The maximum absolute atomic E-state index is 13.0. The maximum Gasteiger partial charge on any atom is 0.253 e. The van der Waals surface area contributed by atoms with Crippen molar-refractivity contribution in [2.75, 3.05) is 18.5 Å². The van der Waals surface area contributed by atoms with Crippen molar-refractivity contribution in [1.29, 1.82) is 0 Å². The van der Waals surface area contributed by atoms with E-state index in [1.807, 2.05) is 55.3 Å². The third-order valence-corrected chi connectivity index (χ3v) is 5.65. The minimum Gasteiger partial charge on any atom is -0.337 e. The molecule has 0 aromatic heterocycles. The lowest BCUT2D eigenvalue weighted by Crippen LogP contribution is -2.28. The Hall–Kier alpha value is -3.40. The van der Waals surface area contributed by atoms with Gasteiger partial charge in [-0.15, -0.1) is 0 Å². The molecule has 2 amide bonds. The zero-order valence-electron chi connectivity index (χ0n) is 17.5. The van der Waals surface area contributed by atoms with Crippen LogP contribution in [0.4, 0.5) is 5.69 Å². The number of hydrogen-bond acceptors (Lipinski definition) is 2. The molecule has 0 fully saturated rings. The van der Waals surface area contributed by atoms with E-state index >= 15 is 0 Å². The quantitative estimate of drug-likeness (QED) is 0.612. The second-order valence-corrected chi connectivity index (χ2v) is 7.72. The molecule has 0 radical (unpaired) electrons. The summed E-state index contributed by atoms with van der Waals surface area (Å²) in [5.74, 6) is 0.120. The van der Waals surface area contributed by atoms with Crippen molar-refractivity contribution in [3.8, 4) is 11.1 Å². The van der Waals surface area contributed by atoms with Gasteiger partial charge in [0.15, 0.2) is 0 Å². The largest absolute Gasteiger partial charge is 0.337 e. The molecule has 0 saturated carbocycles. The molecule has 0 atom stereocenters. The summed E-state index contributed by atoms with van der Waals surface area (Å²) in [6, 6.07) is 24.3. The lowest BCUT2D eigenvalue weighted by molar-refractivity contribution is -0.118. The number of benzene rings is 3. The fraction of sp³-hybridized carbons (Fsp3) is 0.231. The Kier molecular flexibility index (Phi) is 5.66. The zero-order valence-corrected chi connectivity index (χ0v) is 17.5. The van der Waals surface area contributed by atoms with E-state index in [4.69, 9.17) is 0 Å². The highest BCUT2D eigenvalue weighted by Gasteiger charge is 2.25. The predicted octanol–water partition coefficient (Wildman–Crippen LogP) is 4.92. The van der Waals surface area contributed by atoms with E-state index in [0.717, 1.165) is 28.8 Å². The molecule has 30 heavy (non-hydrogen) atoms. The molecular weight excluding hydrogens is 372 g/mol. The summed E-state index contributed by atoms with van der Waals surface area (Å²) in [6.45, 7) is 3.12. The summed E-state index contributed by atoms with van der Waals surface area (Å²) in [5, 5.41) is 0. The average molecular weight is 399 g/mol. The lowest BCUT2D eigenvalue weighted by atomic mass is 10.0. The van der Waals surface area contributed by atoms with Gasteiger partial charge in [0.25, 0.3) is 5.91 Å². The molecule has 0 bridgehead atoms. The summed E-state index contributed by atoms with van der Waals surface area (Å²) >= 11 is 0. The number of amides is 2. The van der Waals surface area contributed by atoms with Crippen molar-refractivity contribution in [3.05, 3.63) is 89.5 Å². The molecule has 0 spiro atoms. The monoisotopic (exact) mass is 398 g/mol. The van der Waals surface area contributed by atoms with Crippen LogP contribution < -0.4 is 4.90 Å². The summed E-state index contributed by atoms with van der Waals surface area (Å²) in [7, 11) is 1.83. The first-order chi connectivity index (χ1) is 14.6. The van der Waals surface area contributed by atoms with Crippen LogP contribution >= 0.6 is 0 Å². The summed E-state index contributed by atoms with van der Waals surface area (Å²) in [6.07, 6.45) is 1.29. The smallest absolute Gasteiger partial charge is 0.253 e. The van der Waals surface area contributed by atoms with Gasteiger partial charge in [-0.2, -0.15) is 0 Å². The third-order valence-electron chi connectivity index (χ3n) is 5.65. The van der Waals surface area contributed by atoms with Crippen LogP contribution in [0.25, 0.3) is 11.1 Å². The first-order valence-electron chi connectivity index (χ1n) is 10.4. The van der Waals surface area contributed by atoms with Gasteiger partial charge in [-0.1, -0.05) is 61.5 Å². The van der Waals surface area contributed by atoms with E-state index in [2.05, 4.69) is 36.4 Å². The molecule has 1 aliphatic rings. The second-order valence-electron chi connectivity index (χ2n) is 7.72. The lowest BCUT2D eigenvalue weighted by Gasteiger charge is -2.19. The molecule has 1 aliphatic heterocycles. The van der Waals surface area contributed by atoms with E-state index in [0.29, 0.717) is 25.1 Å². The van der Waals surface area contributed by atoms with Crippen LogP contribution in [-0.2, 0) is 17.8 Å².